The van der Waals surface area contributed by atoms with E-state index in [9.17, 15) is 8.42 Å². The fraction of sp³-hybridized carbons (Fsp3) is 0.375. The quantitative estimate of drug-likeness (QED) is 0.584. The molecule has 2 heterocycles. The Balaban J connectivity index is 1.94. The van der Waals surface area contributed by atoms with Gasteiger partial charge in [0.2, 0.25) is 9.84 Å². The van der Waals surface area contributed by atoms with Gasteiger partial charge in [0, 0.05) is 24.7 Å². The highest BCUT2D eigenvalue weighted by Gasteiger charge is 2.29. The van der Waals surface area contributed by atoms with Crippen LogP contribution in [0.2, 0.25) is 0 Å². The zero-order chi connectivity index (χ0) is 21.3. The van der Waals surface area contributed by atoms with E-state index in [1.54, 1.807) is 19.2 Å². The molecule has 3 aromatic rings. The first-order valence-corrected chi connectivity index (χ1v) is 12.0. The summed E-state index contributed by atoms with van der Waals surface area (Å²) < 4.78 is 32.8. The molecule has 1 aromatic heterocycles. The lowest BCUT2D eigenvalue weighted by Crippen LogP contribution is -2.35. The number of methoxy groups -OCH3 is 1. The maximum Gasteiger partial charge on any atom is 0.210 e. The molecule has 0 spiro atoms. The molecule has 0 amide bonds. The summed E-state index contributed by atoms with van der Waals surface area (Å²) in [6.45, 7) is 5.93. The second-order valence-electron chi connectivity index (χ2n) is 8.05. The van der Waals surface area contributed by atoms with Crippen molar-refractivity contribution < 1.29 is 13.2 Å². The lowest BCUT2D eigenvalue weighted by molar-refractivity contribution is 0.415. The highest BCUT2D eigenvalue weighted by Crippen LogP contribution is 2.39. The predicted molar refractivity (Wildman–Crippen MR) is 120 cm³/mol. The van der Waals surface area contributed by atoms with Gasteiger partial charge in [0.05, 0.1) is 23.2 Å². The second kappa shape index (κ2) is 8.26. The Morgan fingerprint density at radius 2 is 1.93 bits per heavy atom. The molecule has 0 N–H and O–H groups in total. The van der Waals surface area contributed by atoms with Gasteiger partial charge in [-0.2, -0.15) is 0 Å². The first-order valence-electron chi connectivity index (χ1n) is 10.5. The topological polar surface area (TPSA) is 59.5 Å². The molecule has 0 aliphatic carbocycles. The molecule has 1 aliphatic heterocycles. The van der Waals surface area contributed by atoms with Gasteiger partial charge in [-0.05, 0) is 61.1 Å². The summed E-state index contributed by atoms with van der Waals surface area (Å²) in [7, 11) is -2.10. The molecule has 1 atom stereocenters. The summed E-state index contributed by atoms with van der Waals surface area (Å²) in [6.07, 6.45) is 4.59. The monoisotopic (exact) mass is 424 g/mol. The molecule has 0 saturated carbocycles. The molecule has 0 radical (unpaired) electrons. The lowest BCUT2D eigenvalue weighted by Gasteiger charge is -2.34. The minimum atomic E-state index is -3.72. The third kappa shape index (κ3) is 3.76. The minimum absolute atomic E-state index is 0.265. The van der Waals surface area contributed by atoms with Crippen molar-refractivity contribution in [1.29, 1.82) is 0 Å². The van der Waals surface area contributed by atoms with E-state index >= 15 is 0 Å². The lowest BCUT2D eigenvalue weighted by atomic mass is 9.99. The van der Waals surface area contributed by atoms with Crippen molar-refractivity contribution in [3.63, 3.8) is 0 Å². The van der Waals surface area contributed by atoms with Crippen molar-refractivity contribution in [2.24, 2.45) is 5.92 Å². The van der Waals surface area contributed by atoms with Gasteiger partial charge in [0.15, 0.2) is 0 Å². The number of aromatic nitrogens is 1. The number of nitrogens with zero attached hydrogens (tertiary/aromatic N) is 2. The fourth-order valence-corrected chi connectivity index (χ4v) is 5.65. The van der Waals surface area contributed by atoms with Crippen LogP contribution in [0.1, 0.15) is 32.3 Å². The van der Waals surface area contributed by atoms with E-state index in [1.807, 2.05) is 30.3 Å². The van der Waals surface area contributed by atoms with Gasteiger partial charge < -0.3 is 9.64 Å². The number of hydrogen-bond donors (Lipinski definition) is 0. The number of piperidine rings is 1. The van der Waals surface area contributed by atoms with Gasteiger partial charge in [-0.25, -0.2) is 8.42 Å². The molecule has 0 unspecified atom stereocenters. The maximum absolute atomic E-state index is 13.7. The molecule has 1 aliphatic rings. The molecule has 2 aromatic carbocycles. The average molecular weight is 425 g/mol. The van der Waals surface area contributed by atoms with Crippen molar-refractivity contribution in [2.45, 2.75) is 42.9 Å². The van der Waals surface area contributed by atoms with E-state index in [1.165, 1.54) is 6.20 Å². The van der Waals surface area contributed by atoms with Crippen LogP contribution in [-0.4, -0.2) is 33.6 Å². The van der Waals surface area contributed by atoms with Gasteiger partial charge >= 0.3 is 0 Å². The molecule has 6 heteroatoms. The SMILES string of the molecule is CCc1ccc(S(=O)(=O)c2cnc3ccc(OC)cc3c2N2CCC[C@H](C)C2)cc1. The largest absolute Gasteiger partial charge is 0.497 e. The molecule has 1 fully saturated rings. The average Bonchev–Trinajstić information content (AvgIpc) is 2.77. The minimum Gasteiger partial charge on any atom is -0.497 e. The Hall–Kier alpha value is -2.60. The van der Waals surface area contributed by atoms with E-state index < -0.39 is 9.84 Å². The zero-order valence-electron chi connectivity index (χ0n) is 17.8. The number of rotatable bonds is 5. The predicted octanol–water partition coefficient (Wildman–Crippen LogP) is 4.87. The Kier molecular flexibility index (Phi) is 5.69. The summed E-state index contributed by atoms with van der Waals surface area (Å²) in [5.41, 5.74) is 2.62. The smallest absolute Gasteiger partial charge is 0.210 e. The van der Waals surface area contributed by atoms with Crippen LogP contribution < -0.4 is 9.64 Å². The summed E-state index contributed by atoms with van der Waals surface area (Å²) >= 11 is 0. The van der Waals surface area contributed by atoms with Crippen molar-refractivity contribution in [3.05, 3.63) is 54.2 Å². The molecule has 4 rings (SSSR count). The van der Waals surface area contributed by atoms with Crippen LogP contribution in [0.25, 0.3) is 10.9 Å². The normalized spacial score (nSPS) is 17.3. The standard InChI is InChI=1S/C24H28N2O3S/c1-4-18-7-10-20(11-8-18)30(27,28)23-15-25-22-12-9-19(29-3)14-21(22)24(23)26-13-5-6-17(2)16-26/h7-12,14-15,17H,4-6,13,16H2,1-3H3/t17-/m0/s1. The number of sulfone groups is 1. The molecule has 30 heavy (non-hydrogen) atoms. The highest BCUT2D eigenvalue weighted by atomic mass is 32.2. The van der Waals surface area contributed by atoms with Crippen molar-refractivity contribution in [1.82, 2.24) is 4.98 Å². The van der Waals surface area contributed by atoms with Gasteiger partial charge in [0.1, 0.15) is 10.6 Å². The Labute approximate surface area is 178 Å². The number of fused-ring (bicyclic) bond motifs is 1. The first kappa shape index (κ1) is 20.7. The van der Waals surface area contributed by atoms with Crippen molar-refractivity contribution in [3.8, 4) is 5.75 Å². The third-order valence-corrected chi connectivity index (χ3v) is 7.69. The summed E-state index contributed by atoms with van der Waals surface area (Å²) in [6, 6.07) is 12.8. The maximum atomic E-state index is 13.7. The van der Waals surface area contributed by atoms with Crippen LogP contribution >= 0.6 is 0 Å². The van der Waals surface area contributed by atoms with E-state index in [-0.39, 0.29) is 4.90 Å². The van der Waals surface area contributed by atoms with E-state index in [4.69, 9.17) is 4.74 Å². The number of pyridine rings is 1. The van der Waals surface area contributed by atoms with Crippen LogP contribution in [0.5, 0.6) is 5.75 Å². The first-order chi connectivity index (χ1) is 14.4. The van der Waals surface area contributed by atoms with E-state index in [2.05, 4.69) is 23.7 Å². The van der Waals surface area contributed by atoms with E-state index in [0.717, 1.165) is 54.5 Å². The van der Waals surface area contributed by atoms with Crippen LogP contribution in [0.3, 0.4) is 0 Å². The van der Waals surface area contributed by atoms with Crippen LogP contribution in [0.4, 0.5) is 5.69 Å². The summed E-state index contributed by atoms with van der Waals surface area (Å²) in [5.74, 6) is 1.20. The highest BCUT2D eigenvalue weighted by molar-refractivity contribution is 7.91. The molecule has 0 bridgehead atoms. The van der Waals surface area contributed by atoms with Gasteiger partial charge in [0.25, 0.3) is 0 Å². The van der Waals surface area contributed by atoms with Crippen LogP contribution in [0, 0.1) is 5.92 Å². The number of ether oxygens (including phenoxy) is 1. The third-order valence-electron chi connectivity index (χ3n) is 5.92. The van der Waals surface area contributed by atoms with Crippen molar-refractivity contribution in [2.75, 3.05) is 25.1 Å². The molecular weight excluding hydrogens is 396 g/mol. The van der Waals surface area contributed by atoms with Crippen LogP contribution in [-0.2, 0) is 16.3 Å². The number of aryl methyl sites for hydroxylation is 1. The van der Waals surface area contributed by atoms with Gasteiger partial charge in [-0.3, -0.25) is 4.98 Å². The second-order valence-corrected chi connectivity index (χ2v) is 9.97. The number of benzene rings is 2. The van der Waals surface area contributed by atoms with Gasteiger partial charge in [-0.1, -0.05) is 26.0 Å². The zero-order valence-corrected chi connectivity index (χ0v) is 18.6. The summed E-state index contributed by atoms with van der Waals surface area (Å²) in [5, 5.41) is 0.815. The Morgan fingerprint density at radius 3 is 2.60 bits per heavy atom. The Morgan fingerprint density at radius 1 is 1.17 bits per heavy atom. The number of anilines is 1. The van der Waals surface area contributed by atoms with Crippen molar-refractivity contribution >= 4 is 26.4 Å². The fourth-order valence-electron chi connectivity index (χ4n) is 4.21. The van der Waals surface area contributed by atoms with Crippen LogP contribution in [0.15, 0.2) is 58.5 Å². The summed E-state index contributed by atoms with van der Waals surface area (Å²) in [4.78, 5) is 7.27. The Bertz CT molecular complexity index is 1160. The number of hydrogen-bond acceptors (Lipinski definition) is 5. The molecular formula is C24H28N2O3S. The molecule has 5 nitrogen and oxygen atoms in total. The molecule has 158 valence electrons. The van der Waals surface area contributed by atoms with E-state index in [0.29, 0.717) is 16.6 Å². The van der Waals surface area contributed by atoms with Gasteiger partial charge in [-0.15, -0.1) is 0 Å². The molecule has 1 saturated heterocycles.